The molecule has 0 saturated carbocycles. The highest BCUT2D eigenvalue weighted by Gasteiger charge is 2.32. The van der Waals surface area contributed by atoms with Crippen LogP contribution in [0.5, 0.6) is 0 Å². The Bertz CT molecular complexity index is 1290. The maximum Gasteiger partial charge on any atom is 0.196 e. The van der Waals surface area contributed by atoms with Crippen LogP contribution in [-0.2, 0) is 6.42 Å². The van der Waals surface area contributed by atoms with E-state index in [-0.39, 0.29) is 5.02 Å². The van der Waals surface area contributed by atoms with Crippen LogP contribution in [0.3, 0.4) is 0 Å². The van der Waals surface area contributed by atoms with Crippen LogP contribution >= 0.6 is 22.9 Å². The number of aromatic nitrogens is 4. The van der Waals surface area contributed by atoms with E-state index in [1.807, 2.05) is 11.5 Å². The van der Waals surface area contributed by atoms with Crippen LogP contribution in [0.15, 0.2) is 40.1 Å². The van der Waals surface area contributed by atoms with Gasteiger partial charge in [0.05, 0.1) is 23.4 Å². The molecule has 3 aromatic heterocycles. The molecule has 0 saturated heterocycles. The van der Waals surface area contributed by atoms with Crippen molar-refractivity contribution >= 4 is 28.6 Å². The SMILES string of the molecule is Cc1sc2c(c1C)C(c1ccc(Cl)c(F)c1)=NC(Cc1ncco1)c1nnc(C)n1-2. The van der Waals surface area contributed by atoms with Crippen LogP contribution in [0.4, 0.5) is 4.39 Å². The van der Waals surface area contributed by atoms with Crippen molar-refractivity contribution in [2.75, 3.05) is 0 Å². The van der Waals surface area contributed by atoms with E-state index in [0.29, 0.717) is 29.4 Å². The standard InChI is InChI=1S/C21H17ClFN5OS/c1-10-11(2)30-21-18(10)19(13-4-5-14(22)15(23)8-13)25-16(9-17-24-6-7-29-17)20-27-26-12(3)28(20)21/h4-8,16H,9H2,1-3H3. The highest BCUT2D eigenvalue weighted by Crippen LogP contribution is 2.39. The van der Waals surface area contributed by atoms with Gasteiger partial charge in [-0.25, -0.2) is 9.37 Å². The summed E-state index contributed by atoms with van der Waals surface area (Å²) >= 11 is 7.58. The maximum atomic E-state index is 14.3. The number of hydrogen-bond acceptors (Lipinski definition) is 6. The topological polar surface area (TPSA) is 69.1 Å². The van der Waals surface area contributed by atoms with Crippen molar-refractivity contribution in [3.05, 3.63) is 80.6 Å². The molecule has 1 unspecified atom stereocenters. The van der Waals surface area contributed by atoms with Crippen molar-refractivity contribution in [1.29, 1.82) is 0 Å². The molecule has 152 valence electrons. The van der Waals surface area contributed by atoms with Crippen molar-refractivity contribution in [1.82, 2.24) is 19.7 Å². The number of hydrogen-bond donors (Lipinski definition) is 0. The van der Waals surface area contributed by atoms with E-state index in [1.165, 1.54) is 12.3 Å². The van der Waals surface area contributed by atoms with Gasteiger partial charge in [-0.05, 0) is 38.5 Å². The summed E-state index contributed by atoms with van der Waals surface area (Å²) in [6.07, 6.45) is 3.55. The monoisotopic (exact) mass is 441 g/mol. The molecule has 0 aliphatic carbocycles. The Balaban J connectivity index is 1.79. The van der Waals surface area contributed by atoms with Crippen LogP contribution in [0, 0.1) is 26.6 Å². The molecule has 6 nitrogen and oxygen atoms in total. The Labute approximate surface area is 181 Å². The molecule has 1 aliphatic rings. The Hall–Kier alpha value is -2.84. The molecular formula is C21H17ClFN5OS. The largest absolute Gasteiger partial charge is 0.449 e. The van der Waals surface area contributed by atoms with Gasteiger partial charge in [0.1, 0.15) is 28.9 Å². The Morgan fingerprint density at radius 1 is 1.23 bits per heavy atom. The molecule has 9 heteroatoms. The van der Waals surface area contributed by atoms with Crippen LogP contribution in [0.1, 0.15) is 45.1 Å². The summed E-state index contributed by atoms with van der Waals surface area (Å²) in [6.45, 7) is 6.04. The highest BCUT2D eigenvalue weighted by molar-refractivity contribution is 7.15. The van der Waals surface area contributed by atoms with E-state index in [0.717, 1.165) is 26.8 Å². The second-order valence-electron chi connectivity index (χ2n) is 7.16. The number of nitrogens with zero attached hydrogens (tertiary/aromatic N) is 5. The number of benzene rings is 1. The molecule has 0 fully saturated rings. The number of halogens is 2. The van der Waals surface area contributed by atoms with E-state index in [4.69, 9.17) is 21.0 Å². The molecule has 1 aliphatic heterocycles. The molecule has 0 radical (unpaired) electrons. The minimum Gasteiger partial charge on any atom is -0.449 e. The third kappa shape index (κ3) is 2.98. The molecule has 5 rings (SSSR count). The van der Waals surface area contributed by atoms with Gasteiger partial charge in [-0.2, -0.15) is 0 Å². The molecule has 1 atom stereocenters. The maximum absolute atomic E-state index is 14.3. The lowest BCUT2D eigenvalue weighted by molar-refractivity contribution is 0.467. The molecule has 0 spiro atoms. The van der Waals surface area contributed by atoms with Crippen molar-refractivity contribution < 1.29 is 8.81 Å². The Morgan fingerprint density at radius 3 is 2.80 bits per heavy atom. The predicted molar refractivity (Wildman–Crippen MR) is 113 cm³/mol. The summed E-state index contributed by atoms with van der Waals surface area (Å²) in [5.41, 5.74) is 3.41. The smallest absolute Gasteiger partial charge is 0.196 e. The summed E-state index contributed by atoms with van der Waals surface area (Å²) in [6, 6.07) is 4.39. The van der Waals surface area contributed by atoms with Crippen LogP contribution < -0.4 is 0 Å². The summed E-state index contributed by atoms with van der Waals surface area (Å²) in [5.74, 6) is 1.55. The zero-order chi connectivity index (χ0) is 21.0. The third-order valence-corrected chi connectivity index (χ3v) is 6.78. The van der Waals surface area contributed by atoms with Gasteiger partial charge in [0.15, 0.2) is 11.7 Å². The first-order chi connectivity index (χ1) is 14.4. The van der Waals surface area contributed by atoms with Crippen molar-refractivity contribution in [2.24, 2.45) is 4.99 Å². The normalized spacial score (nSPS) is 15.5. The van der Waals surface area contributed by atoms with Crippen LogP contribution in [-0.4, -0.2) is 25.5 Å². The van der Waals surface area contributed by atoms with Gasteiger partial charge in [0.2, 0.25) is 0 Å². The number of thiophene rings is 1. The fourth-order valence-electron chi connectivity index (χ4n) is 3.69. The summed E-state index contributed by atoms with van der Waals surface area (Å²) in [4.78, 5) is 10.5. The molecule has 4 aromatic rings. The lowest BCUT2D eigenvalue weighted by atomic mass is 9.99. The lowest BCUT2D eigenvalue weighted by Gasteiger charge is -2.11. The van der Waals surface area contributed by atoms with Crippen LogP contribution in [0.2, 0.25) is 5.02 Å². The minimum atomic E-state index is -0.480. The van der Waals surface area contributed by atoms with Gasteiger partial charge in [-0.15, -0.1) is 21.5 Å². The number of rotatable bonds is 3. The molecule has 0 amide bonds. The van der Waals surface area contributed by atoms with Crippen molar-refractivity contribution in [2.45, 2.75) is 33.2 Å². The number of aryl methyl sites for hydroxylation is 2. The predicted octanol–water partition coefficient (Wildman–Crippen LogP) is 5.17. The van der Waals surface area contributed by atoms with E-state index in [1.54, 1.807) is 29.7 Å². The zero-order valence-corrected chi connectivity index (χ0v) is 18.1. The van der Waals surface area contributed by atoms with Crippen LogP contribution in [0.25, 0.3) is 5.00 Å². The zero-order valence-electron chi connectivity index (χ0n) is 16.5. The number of oxazole rings is 1. The van der Waals surface area contributed by atoms with E-state index >= 15 is 0 Å². The molecule has 0 bridgehead atoms. The first kappa shape index (κ1) is 19.1. The van der Waals surface area contributed by atoms with Gasteiger partial charge in [0, 0.05) is 16.0 Å². The van der Waals surface area contributed by atoms with Gasteiger partial charge in [0.25, 0.3) is 0 Å². The molecular weight excluding hydrogens is 425 g/mol. The van der Waals surface area contributed by atoms with Gasteiger partial charge in [-0.3, -0.25) is 9.56 Å². The van der Waals surface area contributed by atoms with E-state index in [2.05, 4.69) is 29.0 Å². The average molecular weight is 442 g/mol. The fourth-order valence-corrected chi connectivity index (χ4v) is 5.02. The molecule has 1 aromatic carbocycles. The Kier molecular flexibility index (Phi) is 4.56. The highest BCUT2D eigenvalue weighted by atomic mass is 35.5. The van der Waals surface area contributed by atoms with E-state index < -0.39 is 11.9 Å². The average Bonchev–Trinajstić information content (AvgIpc) is 3.40. The van der Waals surface area contributed by atoms with Crippen molar-refractivity contribution in [3.8, 4) is 5.00 Å². The lowest BCUT2D eigenvalue weighted by Crippen LogP contribution is -2.09. The quantitative estimate of drug-likeness (QED) is 0.440. The number of aliphatic imine (C=N–C) groups is 1. The second kappa shape index (κ2) is 7.14. The summed E-state index contributed by atoms with van der Waals surface area (Å²) < 4.78 is 21.9. The fraction of sp³-hybridized carbons (Fsp3) is 0.238. The van der Waals surface area contributed by atoms with E-state index in [9.17, 15) is 4.39 Å². The summed E-state index contributed by atoms with van der Waals surface area (Å²) in [5, 5.41) is 9.78. The van der Waals surface area contributed by atoms with Crippen molar-refractivity contribution in [3.63, 3.8) is 0 Å². The van der Waals surface area contributed by atoms with Gasteiger partial charge < -0.3 is 4.42 Å². The van der Waals surface area contributed by atoms with Gasteiger partial charge in [-0.1, -0.05) is 17.7 Å². The minimum absolute atomic E-state index is 0.0794. The third-order valence-electron chi connectivity index (χ3n) is 5.28. The molecule has 30 heavy (non-hydrogen) atoms. The second-order valence-corrected chi connectivity index (χ2v) is 8.77. The molecule has 0 N–H and O–H groups in total. The first-order valence-corrected chi connectivity index (χ1v) is 10.6. The summed E-state index contributed by atoms with van der Waals surface area (Å²) in [7, 11) is 0. The Morgan fingerprint density at radius 2 is 2.07 bits per heavy atom. The van der Waals surface area contributed by atoms with Gasteiger partial charge >= 0.3 is 0 Å². The number of fused-ring (bicyclic) bond motifs is 3. The first-order valence-electron chi connectivity index (χ1n) is 9.38. The molecule has 4 heterocycles.